The van der Waals surface area contributed by atoms with E-state index in [0.717, 1.165) is 0 Å². The third-order valence-corrected chi connectivity index (χ3v) is 2.69. The normalized spacial score (nSPS) is 15.0. The molecule has 1 fully saturated rings. The standard InChI is InChI=1S/C12H16N2O/c1-2-11(15)14-8-10-4-3-7-13-12(10)9-5-6-9/h3-4,7,9H,2,5-6,8H2,1H3,(H,14,15). The van der Waals surface area contributed by atoms with Crippen molar-refractivity contribution in [2.24, 2.45) is 0 Å². The highest BCUT2D eigenvalue weighted by molar-refractivity contribution is 5.75. The maximum atomic E-state index is 11.2. The van der Waals surface area contributed by atoms with Gasteiger partial charge in [-0.05, 0) is 24.5 Å². The maximum Gasteiger partial charge on any atom is 0.219 e. The summed E-state index contributed by atoms with van der Waals surface area (Å²) in [6.07, 6.45) is 4.86. The number of carbonyl (C=O) groups excluding carboxylic acids is 1. The van der Waals surface area contributed by atoms with Crippen LogP contribution in [0.2, 0.25) is 0 Å². The SMILES string of the molecule is CCC(=O)NCc1cccnc1C1CC1. The fourth-order valence-electron chi connectivity index (χ4n) is 1.64. The predicted molar refractivity (Wildman–Crippen MR) is 58.3 cm³/mol. The Morgan fingerprint density at radius 2 is 2.40 bits per heavy atom. The van der Waals surface area contributed by atoms with Gasteiger partial charge >= 0.3 is 0 Å². The van der Waals surface area contributed by atoms with Crippen LogP contribution in [0.15, 0.2) is 18.3 Å². The molecule has 3 heteroatoms. The van der Waals surface area contributed by atoms with Crippen molar-refractivity contribution in [1.82, 2.24) is 10.3 Å². The van der Waals surface area contributed by atoms with E-state index in [1.54, 1.807) is 0 Å². The van der Waals surface area contributed by atoms with Crippen molar-refractivity contribution in [3.8, 4) is 0 Å². The fraction of sp³-hybridized carbons (Fsp3) is 0.500. The molecule has 1 saturated carbocycles. The number of nitrogens with one attached hydrogen (secondary N) is 1. The molecule has 1 aromatic heterocycles. The Kier molecular flexibility index (Phi) is 2.99. The maximum absolute atomic E-state index is 11.2. The third kappa shape index (κ3) is 2.55. The lowest BCUT2D eigenvalue weighted by molar-refractivity contribution is -0.120. The molecule has 0 radical (unpaired) electrons. The molecule has 0 aliphatic heterocycles. The van der Waals surface area contributed by atoms with Gasteiger partial charge in [0.2, 0.25) is 5.91 Å². The molecule has 0 atom stereocenters. The Hall–Kier alpha value is -1.38. The number of carbonyl (C=O) groups is 1. The molecular weight excluding hydrogens is 188 g/mol. The lowest BCUT2D eigenvalue weighted by Crippen LogP contribution is -2.22. The summed E-state index contributed by atoms with van der Waals surface area (Å²) in [5, 5.41) is 2.89. The monoisotopic (exact) mass is 204 g/mol. The minimum Gasteiger partial charge on any atom is -0.352 e. The van der Waals surface area contributed by atoms with Gasteiger partial charge in [-0.2, -0.15) is 0 Å². The molecule has 15 heavy (non-hydrogen) atoms. The third-order valence-electron chi connectivity index (χ3n) is 2.69. The summed E-state index contributed by atoms with van der Waals surface area (Å²) in [7, 11) is 0. The van der Waals surface area contributed by atoms with Crippen molar-refractivity contribution >= 4 is 5.91 Å². The van der Waals surface area contributed by atoms with E-state index in [1.165, 1.54) is 24.1 Å². The second-order valence-electron chi connectivity index (χ2n) is 3.95. The van der Waals surface area contributed by atoms with Gasteiger partial charge < -0.3 is 5.32 Å². The first-order valence-electron chi connectivity index (χ1n) is 5.51. The molecule has 0 saturated heterocycles. The number of amides is 1. The van der Waals surface area contributed by atoms with Crippen LogP contribution in [-0.2, 0) is 11.3 Å². The molecule has 1 aliphatic carbocycles. The van der Waals surface area contributed by atoms with Gasteiger partial charge in [0.1, 0.15) is 0 Å². The lowest BCUT2D eigenvalue weighted by atomic mass is 10.1. The van der Waals surface area contributed by atoms with E-state index in [4.69, 9.17) is 0 Å². The highest BCUT2D eigenvalue weighted by Gasteiger charge is 2.26. The van der Waals surface area contributed by atoms with Crippen LogP contribution in [0.4, 0.5) is 0 Å². The van der Waals surface area contributed by atoms with Gasteiger partial charge in [-0.3, -0.25) is 9.78 Å². The van der Waals surface area contributed by atoms with E-state index in [0.29, 0.717) is 18.9 Å². The van der Waals surface area contributed by atoms with E-state index in [1.807, 2.05) is 19.2 Å². The molecule has 2 rings (SSSR count). The number of hydrogen-bond donors (Lipinski definition) is 1. The lowest BCUT2D eigenvalue weighted by Gasteiger charge is -2.08. The topological polar surface area (TPSA) is 42.0 Å². The molecule has 1 heterocycles. The van der Waals surface area contributed by atoms with E-state index in [-0.39, 0.29) is 5.91 Å². The van der Waals surface area contributed by atoms with E-state index >= 15 is 0 Å². The Morgan fingerprint density at radius 1 is 1.60 bits per heavy atom. The Morgan fingerprint density at radius 3 is 3.07 bits per heavy atom. The molecule has 1 aromatic rings. The summed E-state index contributed by atoms with van der Waals surface area (Å²) in [5.74, 6) is 0.736. The molecule has 1 N–H and O–H groups in total. The number of pyridine rings is 1. The van der Waals surface area contributed by atoms with Gasteiger partial charge in [-0.15, -0.1) is 0 Å². The molecule has 0 bridgehead atoms. The van der Waals surface area contributed by atoms with Crippen LogP contribution in [0.1, 0.15) is 43.4 Å². The van der Waals surface area contributed by atoms with Crippen LogP contribution in [0.5, 0.6) is 0 Å². The molecule has 0 spiro atoms. The molecule has 0 unspecified atom stereocenters. The summed E-state index contributed by atoms with van der Waals surface area (Å²) < 4.78 is 0. The zero-order valence-electron chi connectivity index (χ0n) is 8.99. The highest BCUT2D eigenvalue weighted by Crippen LogP contribution is 2.40. The van der Waals surface area contributed by atoms with Crippen molar-refractivity contribution in [2.75, 3.05) is 0 Å². The first kappa shape index (κ1) is 10.1. The molecule has 1 aliphatic rings. The molecule has 80 valence electrons. The van der Waals surface area contributed by atoms with Crippen molar-refractivity contribution in [3.63, 3.8) is 0 Å². The smallest absolute Gasteiger partial charge is 0.219 e. The number of rotatable bonds is 4. The summed E-state index contributed by atoms with van der Waals surface area (Å²) >= 11 is 0. The highest BCUT2D eigenvalue weighted by atomic mass is 16.1. The Balaban J connectivity index is 2.03. The predicted octanol–water partition coefficient (Wildman–Crippen LogP) is 1.99. The van der Waals surface area contributed by atoms with Gasteiger partial charge in [0.25, 0.3) is 0 Å². The van der Waals surface area contributed by atoms with Crippen molar-refractivity contribution in [2.45, 2.75) is 38.6 Å². The summed E-state index contributed by atoms with van der Waals surface area (Å²) in [6.45, 7) is 2.48. The first-order chi connectivity index (χ1) is 7.31. The van der Waals surface area contributed by atoms with Gasteiger partial charge in [-0.1, -0.05) is 13.0 Å². The van der Waals surface area contributed by atoms with Crippen molar-refractivity contribution < 1.29 is 4.79 Å². The molecule has 3 nitrogen and oxygen atoms in total. The zero-order chi connectivity index (χ0) is 10.7. The Bertz CT molecular complexity index is 358. The van der Waals surface area contributed by atoms with Crippen LogP contribution >= 0.6 is 0 Å². The summed E-state index contributed by atoms with van der Waals surface area (Å²) in [6, 6.07) is 3.98. The van der Waals surface area contributed by atoms with Crippen molar-refractivity contribution in [3.05, 3.63) is 29.6 Å². The quantitative estimate of drug-likeness (QED) is 0.814. The van der Waals surface area contributed by atoms with E-state index in [9.17, 15) is 4.79 Å². The summed E-state index contributed by atoms with van der Waals surface area (Å²) in [4.78, 5) is 15.5. The summed E-state index contributed by atoms with van der Waals surface area (Å²) in [5.41, 5.74) is 2.34. The van der Waals surface area contributed by atoms with Crippen LogP contribution in [-0.4, -0.2) is 10.9 Å². The van der Waals surface area contributed by atoms with Crippen LogP contribution in [0, 0.1) is 0 Å². The Labute approximate surface area is 89.9 Å². The fourth-order valence-corrected chi connectivity index (χ4v) is 1.64. The minimum atomic E-state index is 0.0978. The number of aromatic nitrogens is 1. The van der Waals surface area contributed by atoms with Gasteiger partial charge in [0.15, 0.2) is 0 Å². The van der Waals surface area contributed by atoms with E-state index in [2.05, 4.69) is 16.4 Å². The second kappa shape index (κ2) is 4.43. The van der Waals surface area contributed by atoms with Crippen molar-refractivity contribution in [1.29, 1.82) is 0 Å². The average Bonchev–Trinajstić information content (AvgIpc) is 3.10. The largest absolute Gasteiger partial charge is 0.352 e. The second-order valence-corrected chi connectivity index (χ2v) is 3.95. The van der Waals surface area contributed by atoms with Crippen LogP contribution in [0.3, 0.4) is 0 Å². The minimum absolute atomic E-state index is 0.0978. The first-order valence-corrected chi connectivity index (χ1v) is 5.51. The van der Waals surface area contributed by atoms with Gasteiger partial charge in [-0.25, -0.2) is 0 Å². The molecule has 0 aromatic carbocycles. The van der Waals surface area contributed by atoms with E-state index < -0.39 is 0 Å². The van der Waals surface area contributed by atoms with Crippen LogP contribution in [0.25, 0.3) is 0 Å². The van der Waals surface area contributed by atoms with Gasteiger partial charge in [0.05, 0.1) is 0 Å². The van der Waals surface area contributed by atoms with Gasteiger partial charge in [0, 0.05) is 30.8 Å². The zero-order valence-corrected chi connectivity index (χ0v) is 8.99. The number of hydrogen-bond acceptors (Lipinski definition) is 2. The van der Waals surface area contributed by atoms with Crippen LogP contribution < -0.4 is 5.32 Å². The number of nitrogens with zero attached hydrogens (tertiary/aromatic N) is 1. The average molecular weight is 204 g/mol. The molecule has 1 amide bonds. The molecular formula is C12H16N2O.